The molecular weight excluding hydrogens is 717 g/mol. The zero-order valence-corrected chi connectivity index (χ0v) is 33.0. The molecule has 1 amide bonds. The number of likely N-dealkylation sites (tertiary alicyclic amines) is 1. The molecule has 3 heterocycles. The summed E-state index contributed by atoms with van der Waals surface area (Å²) >= 11 is 0. The number of carbonyl (C=O) groups excluding carboxylic acids is 1. The van der Waals surface area contributed by atoms with Crippen molar-refractivity contribution in [2.24, 2.45) is 0 Å². The van der Waals surface area contributed by atoms with Crippen LogP contribution in [-0.2, 0) is 15.6 Å². The van der Waals surface area contributed by atoms with Crippen LogP contribution in [0, 0.1) is 11.6 Å². The van der Waals surface area contributed by atoms with Crippen molar-refractivity contribution < 1.29 is 27.2 Å². The third-order valence-corrected chi connectivity index (χ3v) is 16.0. The Morgan fingerprint density at radius 1 is 0.855 bits per heavy atom. The average Bonchev–Trinajstić information content (AvgIpc) is 3.19. The predicted octanol–water partition coefficient (Wildman–Crippen LogP) is 6.77. The van der Waals surface area contributed by atoms with Gasteiger partial charge in [-0.25, -0.2) is 8.78 Å². The molecule has 0 spiro atoms. The van der Waals surface area contributed by atoms with Gasteiger partial charge in [0.1, 0.15) is 17.2 Å². The summed E-state index contributed by atoms with van der Waals surface area (Å²) in [5.74, 6) is -1.04. The number of likely N-dealkylation sites (N-methyl/N-ethyl adjacent to an activating group) is 1. The zero-order valence-electron chi connectivity index (χ0n) is 32.0. The van der Waals surface area contributed by atoms with Crippen LogP contribution in [0.2, 0.25) is 5.04 Å². The van der Waals surface area contributed by atoms with Gasteiger partial charge in [-0.3, -0.25) is 9.59 Å². The average molecular weight is 766 g/mol. The number of piperidine rings is 1. The van der Waals surface area contributed by atoms with Gasteiger partial charge in [-0.15, -0.1) is 0 Å². The number of benzene rings is 4. The monoisotopic (exact) mass is 765 g/mol. The fourth-order valence-electron chi connectivity index (χ4n) is 8.04. The van der Waals surface area contributed by atoms with E-state index >= 15 is 0 Å². The lowest BCUT2D eigenvalue weighted by Crippen LogP contribution is -2.68. The van der Waals surface area contributed by atoms with E-state index in [1.807, 2.05) is 28.0 Å². The van der Waals surface area contributed by atoms with Crippen molar-refractivity contribution in [1.29, 1.82) is 0 Å². The van der Waals surface area contributed by atoms with Gasteiger partial charge < -0.3 is 28.3 Å². The minimum atomic E-state index is -2.77. The lowest BCUT2D eigenvalue weighted by Gasteiger charge is -2.46. The molecule has 2 fully saturated rings. The van der Waals surface area contributed by atoms with E-state index < -0.39 is 20.0 Å². The minimum Gasteiger partial charge on any atom is -0.440 e. The van der Waals surface area contributed by atoms with Crippen LogP contribution < -0.4 is 25.6 Å². The number of carbonyl (C=O) groups is 1. The van der Waals surface area contributed by atoms with Crippen LogP contribution in [0.1, 0.15) is 49.5 Å². The second kappa shape index (κ2) is 16.1. The first-order chi connectivity index (χ1) is 26.4. The summed E-state index contributed by atoms with van der Waals surface area (Å²) in [5.41, 5.74) is 1.62. The van der Waals surface area contributed by atoms with E-state index in [1.165, 1.54) is 28.6 Å². The van der Waals surface area contributed by atoms with Gasteiger partial charge in [-0.2, -0.15) is 0 Å². The van der Waals surface area contributed by atoms with E-state index in [2.05, 4.69) is 69.3 Å². The van der Waals surface area contributed by atoms with E-state index in [-0.39, 0.29) is 22.5 Å². The number of nitrogens with zero attached hydrogens (tertiary/aromatic N) is 3. The van der Waals surface area contributed by atoms with Crippen LogP contribution in [0.15, 0.2) is 106 Å². The van der Waals surface area contributed by atoms with Crippen LogP contribution in [0.25, 0.3) is 11.0 Å². The standard InChI is InChI=1S/C44H49F2N3O5Si/c1-44(2,3)55(37-11-7-5-8-12-37,38-13-9-6-10-14-38)54-36-16-19-49(20-17-36)43(51)32-25-31(15-18-47(4)35-28-33(45)27-34(46)29-35)42-39(26-32)40(50)30-41(53-42)48-21-23-52-24-22-48/h5-14,25-30,36H,15-24H2,1-4H3. The molecule has 11 heteroatoms. The van der Waals surface area contributed by atoms with Crippen molar-refractivity contribution in [2.45, 2.75) is 51.2 Å². The molecule has 5 aromatic rings. The molecule has 0 bridgehead atoms. The normalized spacial score (nSPS) is 15.7. The summed E-state index contributed by atoms with van der Waals surface area (Å²) < 4.78 is 47.5. The van der Waals surface area contributed by atoms with Crippen LogP contribution >= 0.6 is 0 Å². The highest BCUT2D eigenvalue weighted by molar-refractivity contribution is 6.99. The Balaban J connectivity index is 1.16. The summed E-state index contributed by atoms with van der Waals surface area (Å²) in [4.78, 5) is 33.6. The van der Waals surface area contributed by atoms with Gasteiger partial charge in [0.05, 0.1) is 18.6 Å². The van der Waals surface area contributed by atoms with Gasteiger partial charge in [0.2, 0.25) is 0 Å². The number of anilines is 2. The maximum Gasteiger partial charge on any atom is 0.261 e. The molecule has 2 saturated heterocycles. The lowest BCUT2D eigenvalue weighted by atomic mass is 10.0. The molecule has 0 radical (unpaired) electrons. The Morgan fingerprint density at radius 3 is 2.04 bits per heavy atom. The Kier molecular flexibility index (Phi) is 11.2. The van der Waals surface area contributed by atoms with Gasteiger partial charge in [0.15, 0.2) is 11.3 Å². The summed E-state index contributed by atoms with van der Waals surface area (Å²) in [7, 11) is -1.02. The third-order valence-electron chi connectivity index (χ3n) is 11.0. The van der Waals surface area contributed by atoms with E-state index in [4.69, 9.17) is 13.6 Å². The van der Waals surface area contributed by atoms with Crippen LogP contribution in [0.3, 0.4) is 0 Å². The molecule has 2 aliphatic heterocycles. The highest BCUT2D eigenvalue weighted by Crippen LogP contribution is 2.39. The van der Waals surface area contributed by atoms with E-state index in [1.54, 1.807) is 18.0 Å². The molecule has 0 aliphatic carbocycles. The SMILES string of the molecule is CN(CCc1cc(C(=O)N2CCC(O[Si](c3ccccc3)(c3ccccc3)C(C)(C)C)CC2)cc2c(=O)cc(N3CCOCC3)oc12)c1cc(F)cc(F)c1. The predicted molar refractivity (Wildman–Crippen MR) is 216 cm³/mol. The summed E-state index contributed by atoms with van der Waals surface area (Å²) in [5, 5.41) is 2.60. The second-order valence-corrected chi connectivity index (χ2v) is 19.9. The molecular formula is C44H49F2N3O5Si. The minimum absolute atomic E-state index is 0.0450. The van der Waals surface area contributed by atoms with Gasteiger partial charge in [0.25, 0.3) is 14.2 Å². The Bertz CT molecular complexity index is 2120. The fraction of sp³-hybridized carbons (Fsp3) is 0.364. The number of hydrogen-bond acceptors (Lipinski definition) is 7. The molecule has 1 aromatic heterocycles. The molecule has 2 aliphatic rings. The smallest absolute Gasteiger partial charge is 0.261 e. The van der Waals surface area contributed by atoms with Crippen molar-refractivity contribution in [2.75, 3.05) is 62.8 Å². The molecule has 8 nitrogen and oxygen atoms in total. The number of hydrogen-bond donors (Lipinski definition) is 0. The fourth-order valence-corrected chi connectivity index (χ4v) is 12.8. The number of fused-ring (bicyclic) bond motifs is 1. The maximum absolute atomic E-state index is 14.3. The van der Waals surface area contributed by atoms with Crippen molar-refractivity contribution in [1.82, 2.24) is 4.90 Å². The number of rotatable bonds is 10. The summed E-state index contributed by atoms with van der Waals surface area (Å²) in [6, 6.07) is 29.5. The van der Waals surface area contributed by atoms with Crippen LogP contribution in [0.5, 0.6) is 0 Å². The Labute approximate surface area is 322 Å². The first-order valence-corrected chi connectivity index (χ1v) is 21.0. The number of morpholine rings is 1. The summed E-state index contributed by atoms with van der Waals surface area (Å²) in [6.07, 6.45) is 1.67. The molecule has 0 saturated carbocycles. The number of amides is 1. The van der Waals surface area contributed by atoms with Crippen LogP contribution in [0.4, 0.5) is 20.4 Å². The number of halogens is 2. The quantitative estimate of drug-likeness (QED) is 0.146. The van der Waals surface area contributed by atoms with Gasteiger partial charge in [-0.1, -0.05) is 81.4 Å². The highest BCUT2D eigenvalue weighted by atomic mass is 28.4. The summed E-state index contributed by atoms with van der Waals surface area (Å²) in [6.45, 7) is 10.4. The van der Waals surface area contributed by atoms with Gasteiger partial charge >= 0.3 is 0 Å². The van der Waals surface area contributed by atoms with Gasteiger partial charge in [-0.05, 0) is 64.5 Å². The van der Waals surface area contributed by atoms with Gasteiger partial charge in [0, 0.05) is 69.3 Å². The van der Waals surface area contributed by atoms with E-state index in [0.717, 1.165) is 6.07 Å². The number of ether oxygens (including phenoxy) is 1. The maximum atomic E-state index is 14.3. The molecule has 0 atom stereocenters. The lowest BCUT2D eigenvalue weighted by molar-refractivity contribution is 0.0578. The molecule has 55 heavy (non-hydrogen) atoms. The van der Waals surface area contributed by atoms with E-state index in [0.29, 0.717) is 98.9 Å². The Morgan fingerprint density at radius 2 is 1.45 bits per heavy atom. The molecule has 7 rings (SSSR count). The molecule has 288 valence electrons. The van der Waals surface area contributed by atoms with E-state index in [9.17, 15) is 18.4 Å². The van der Waals surface area contributed by atoms with Crippen molar-refractivity contribution in [3.05, 3.63) is 130 Å². The largest absolute Gasteiger partial charge is 0.440 e. The first-order valence-electron chi connectivity index (χ1n) is 19.1. The van der Waals surface area contributed by atoms with Crippen molar-refractivity contribution in [3.63, 3.8) is 0 Å². The highest BCUT2D eigenvalue weighted by Gasteiger charge is 2.51. The second-order valence-electron chi connectivity index (χ2n) is 15.6. The molecule has 0 unspecified atom stereocenters. The Hall–Kier alpha value is -4.84. The zero-order chi connectivity index (χ0) is 38.7. The molecule has 0 N–H and O–H groups in total. The first kappa shape index (κ1) is 38.4. The van der Waals surface area contributed by atoms with Crippen molar-refractivity contribution >= 4 is 47.1 Å². The van der Waals surface area contributed by atoms with Crippen LogP contribution in [-0.4, -0.2) is 78.2 Å². The third kappa shape index (κ3) is 8.10. The van der Waals surface area contributed by atoms with Crippen molar-refractivity contribution in [3.8, 4) is 0 Å². The molecule has 4 aromatic carbocycles. The topological polar surface area (TPSA) is 75.5 Å².